The van der Waals surface area contributed by atoms with E-state index in [-0.39, 0.29) is 18.3 Å². The number of hydrogen-bond donors (Lipinski definition) is 2. The molecular weight excluding hydrogens is 254 g/mol. The molecular formula is C16H19NO3. The molecule has 0 saturated carbocycles. The zero-order chi connectivity index (χ0) is 14.9. The predicted octanol–water partition coefficient (Wildman–Crippen LogP) is 2.98. The number of H-pyrrole nitrogens is 1. The number of aromatic nitrogens is 1. The molecule has 1 aromatic carbocycles. The van der Waals surface area contributed by atoms with Gasteiger partial charge >= 0.3 is 5.97 Å². The van der Waals surface area contributed by atoms with Crippen LogP contribution in [0.2, 0.25) is 0 Å². The highest BCUT2D eigenvalue weighted by Gasteiger charge is 2.13. The third-order valence-electron chi connectivity index (χ3n) is 3.59. The molecule has 0 spiro atoms. The average molecular weight is 273 g/mol. The number of rotatable bonds is 4. The van der Waals surface area contributed by atoms with E-state index >= 15 is 0 Å². The van der Waals surface area contributed by atoms with Crippen molar-refractivity contribution < 1.29 is 9.90 Å². The second-order valence-corrected chi connectivity index (χ2v) is 5.38. The van der Waals surface area contributed by atoms with E-state index in [0.29, 0.717) is 16.9 Å². The Morgan fingerprint density at radius 2 is 2.05 bits per heavy atom. The number of aryl methyl sites for hydroxylation is 1. The summed E-state index contributed by atoms with van der Waals surface area (Å²) in [5.41, 5.74) is 3.24. The first kappa shape index (κ1) is 14.3. The van der Waals surface area contributed by atoms with Gasteiger partial charge in [-0.2, -0.15) is 0 Å². The number of benzene rings is 1. The Morgan fingerprint density at radius 3 is 2.65 bits per heavy atom. The number of para-hydroxylation sites is 1. The van der Waals surface area contributed by atoms with Gasteiger partial charge in [0.15, 0.2) is 5.43 Å². The maximum atomic E-state index is 12.5. The summed E-state index contributed by atoms with van der Waals surface area (Å²) in [5, 5.41) is 9.42. The van der Waals surface area contributed by atoms with Crippen molar-refractivity contribution in [1.29, 1.82) is 0 Å². The highest BCUT2D eigenvalue weighted by atomic mass is 16.4. The fourth-order valence-corrected chi connectivity index (χ4v) is 2.51. The van der Waals surface area contributed by atoms with Crippen LogP contribution < -0.4 is 5.43 Å². The minimum atomic E-state index is -0.889. The molecule has 0 saturated heterocycles. The smallest absolute Gasteiger partial charge is 0.303 e. The van der Waals surface area contributed by atoms with Gasteiger partial charge < -0.3 is 10.1 Å². The Labute approximate surface area is 117 Å². The van der Waals surface area contributed by atoms with Crippen LogP contribution in [0.15, 0.2) is 23.0 Å². The topological polar surface area (TPSA) is 70.2 Å². The van der Waals surface area contributed by atoms with Crippen LogP contribution in [0, 0.1) is 6.92 Å². The molecule has 4 nitrogen and oxygen atoms in total. The highest BCUT2D eigenvalue weighted by Crippen LogP contribution is 2.23. The van der Waals surface area contributed by atoms with Crippen molar-refractivity contribution in [3.63, 3.8) is 0 Å². The number of nitrogens with one attached hydrogen (secondary N) is 1. The van der Waals surface area contributed by atoms with Crippen LogP contribution in [0.3, 0.4) is 0 Å². The quantitative estimate of drug-likeness (QED) is 0.899. The molecule has 2 rings (SSSR count). The summed E-state index contributed by atoms with van der Waals surface area (Å²) in [5.74, 6) is -0.571. The lowest BCUT2D eigenvalue weighted by atomic mass is 9.97. The molecule has 0 atom stereocenters. The van der Waals surface area contributed by atoms with Crippen LogP contribution in [0.5, 0.6) is 0 Å². The number of fused-ring (bicyclic) bond motifs is 1. The van der Waals surface area contributed by atoms with E-state index in [1.165, 1.54) is 0 Å². The third kappa shape index (κ3) is 2.59. The van der Waals surface area contributed by atoms with Gasteiger partial charge in [0.2, 0.25) is 0 Å². The average Bonchev–Trinajstić information content (AvgIpc) is 2.37. The Balaban J connectivity index is 2.65. The maximum Gasteiger partial charge on any atom is 0.303 e. The fraction of sp³-hybridized carbons (Fsp3) is 0.375. The normalized spacial score (nSPS) is 11.2. The van der Waals surface area contributed by atoms with Crippen LogP contribution in [-0.4, -0.2) is 16.1 Å². The first-order valence-electron chi connectivity index (χ1n) is 6.78. The SMILES string of the molecule is Cc1[nH]c2c(C(C)C)cccc2c(=O)c1CCC(=O)O. The Kier molecular flexibility index (Phi) is 3.93. The molecule has 1 heterocycles. The summed E-state index contributed by atoms with van der Waals surface area (Å²) in [6.45, 7) is 6.00. The van der Waals surface area contributed by atoms with Crippen molar-refractivity contribution in [2.45, 2.75) is 39.5 Å². The van der Waals surface area contributed by atoms with Gasteiger partial charge in [-0.3, -0.25) is 9.59 Å². The molecule has 106 valence electrons. The standard InChI is InChI=1S/C16H19NO3/c1-9(2)11-5-4-6-13-15(11)17-10(3)12(16(13)20)7-8-14(18)19/h4-6,9H,7-8H2,1-3H3,(H,17,20)(H,18,19). The molecule has 2 aromatic rings. The second-order valence-electron chi connectivity index (χ2n) is 5.38. The monoisotopic (exact) mass is 273 g/mol. The van der Waals surface area contributed by atoms with Gasteiger partial charge in [-0.25, -0.2) is 0 Å². The molecule has 0 aliphatic heterocycles. The van der Waals surface area contributed by atoms with Crippen LogP contribution in [0.4, 0.5) is 0 Å². The first-order valence-corrected chi connectivity index (χ1v) is 6.78. The van der Waals surface area contributed by atoms with Crippen molar-refractivity contribution in [2.24, 2.45) is 0 Å². The minimum Gasteiger partial charge on any atom is -0.481 e. The predicted molar refractivity (Wildman–Crippen MR) is 79.4 cm³/mol. The van der Waals surface area contributed by atoms with Gasteiger partial charge in [0.1, 0.15) is 0 Å². The number of carboxylic acid groups (broad SMARTS) is 1. The van der Waals surface area contributed by atoms with Crippen molar-refractivity contribution >= 4 is 16.9 Å². The first-order chi connectivity index (χ1) is 9.41. The van der Waals surface area contributed by atoms with Crippen LogP contribution in [0.1, 0.15) is 43.0 Å². The van der Waals surface area contributed by atoms with E-state index in [0.717, 1.165) is 16.8 Å². The Hall–Kier alpha value is -2.10. The summed E-state index contributed by atoms with van der Waals surface area (Å²) >= 11 is 0. The summed E-state index contributed by atoms with van der Waals surface area (Å²) in [6.07, 6.45) is 0.234. The third-order valence-corrected chi connectivity index (χ3v) is 3.59. The minimum absolute atomic E-state index is 0.0285. The molecule has 0 aliphatic carbocycles. The molecule has 4 heteroatoms. The summed E-state index contributed by atoms with van der Waals surface area (Å²) in [6, 6.07) is 5.69. The number of hydrogen-bond acceptors (Lipinski definition) is 2. The number of carboxylic acids is 1. The lowest BCUT2D eigenvalue weighted by Gasteiger charge is -2.13. The van der Waals surface area contributed by atoms with E-state index < -0.39 is 5.97 Å². The maximum absolute atomic E-state index is 12.5. The van der Waals surface area contributed by atoms with Gasteiger partial charge in [0.25, 0.3) is 0 Å². The summed E-state index contributed by atoms with van der Waals surface area (Å²) < 4.78 is 0. The number of pyridine rings is 1. The molecule has 0 aliphatic rings. The lowest BCUT2D eigenvalue weighted by molar-refractivity contribution is -0.136. The fourth-order valence-electron chi connectivity index (χ4n) is 2.51. The van der Waals surface area contributed by atoms with E-state index in [1.807, 2.05) is 19.1 Å². The summed E-state index contributed by atoms with van der Waals surface area (Å²) in [7, 11) is 0. The molecule has 0 radical (unpaired) electrons. The number of carbonyl (C=O) groups is 1. The van der Waals surface area contributed by atoms with Crippen molar-refractivity contribution in [1.82, 2.24) is 4.98 Å². The van der Waals surface area contributed by atoms with Gasteiger partial charge in [0, 0.05) is 23.1 Å². The molecule has 0 bridgehead atoms. The molecule has 0 fully saturated rings. The number of aliphatic carboxylic acids is 1. The van der Waals surface area contributed by atoms with Gasteiger partial charge in [-0.1, -0.05) is 26.0 Å². The van der Waals surface area contributed by atoms with Gasteiger partial charge in [0.05, 0.1) is 5.52 Å². The van der Waals surface area contributed by atoms with E-state index in [9.17, 15) is 9.59 Å². The Morgan fingerprint density at radius 1 is 1.35 bits per heavy atom. The number of aromatic amines is 1. The largest absolute Gasteiger partial charge is 0.481 e. The van der Waals surface area contributed by atoms with Gasteiger partial charge in [-0.05, 0) is 30.9 Å². The zero-order valence-electron chi connectivity index (χ0n) is 12.0. The van der Waals surface area contributed by atoms with Crippen LogP contribution in [-0.2, 0) is 11.2 Å². The van der Waals surface area contributed by atoms with Crippen molar-refractivity contribution in [3.05, 3.63) is 45.2 Å². The van der Waals surface area contributed by atoms with Crippen molar-refractivity contribution in [3.8, 4) is 0 Å². The molecule has 2 N–H and O–H groups in total. The van der Waals surface area contributed by atoms with E-state index in [2.05, 4.69) is 18.8 Å². The lowest BCUT2D eigenvalue weighted by Crippen LogP contribution is -2.15. The molecule has 1 aromatic heterocycles. The van der Waals surface area contributed by atoms with E-state index in [1.54, 1.807) is 6.07 Å². The zero-order valence-corrected chi connectivity index (χ0v) is 12.0. The van der Waals surface area contributed by atoms with Crippen LogP contribution >= 0.6 is 0 Å². The van der Waals surface area contributed by atoms with E-state index in [4.69, 9.17) is 5.11 Å². The molecule has 0 amide bonds. The van der Waals surface area contributed by atoms with Crippen LogP contribution in [0.25, 0.3) is 10.9 Å². The highest BCUT2D eigenvalue weighted by molar-refractivity contribution is 5.83. The molecule has 0 unspecified atom stereocenters. The summed E-state index contributed by atoms with van der Waals surface area (Å²) in [4.78, 5) is 26.5. The second kappa shape index (κ2) is 5.49. The van der Waals surface area contributed by atoms with Gasteiger partial charge in [-0.15, -0.1) is 0 Å². The van der Waals surface area contributed by atoms with Crippen molar-refractivity contribution in [2.75, 3.05) is 0 Å². The Bertz CT molecular complexity index is 713. The molecule has 20 heavy (non-hydrogen) atoms.